The number of likely N-dealkylation sites (N-methyl/N-ethyl adjacent to an activating group) is 1. The topological polar surface area (TPSA) is 128 Å². The minimum atomic E-state index is -0.737. The molecule has 1 unspecified atom stereocenters. The lowest BCUT2D eigenvalue weighted by Gasteiger charge is -2.41. The molecule has 2 aliphatic rings. The van der Waals surface area contributed by atoms with E-state index in [1.54, 1.807) is 23.8 Å². The Bertz CT molecular complexity index is 1160. The molecule has 3 heterocycles. The molecular formula is C31H51N7O4S. The van der Waals surface area contributed by atoms with Crippen molar-refractivity contribution in [2.45, 2.75) is 118 Å². The van der Waals surface area contributed by atoms with Gasteiger partial charge in [-0.3, -0.25) is 29.4 Å². The molecule has 3 rings (SSSR count). The zero-order valence-corrected chi connectivity index (χ0v) is 28.2. The second-order valence-corrected chi connectivity index (χ2v) is 14.4. The van der Waals surface area contributed by atoms with Gasteiger partial charge in [0.2, 0.25) is 28.8 Å². The predicted molar refractivity (Wildman–Crippen MR) is 169 cm³/mol. The van der Waals surface area contributed by atoms with Gasteiger partial charge in [-0.2, -0.15) is 0 Å². The van der Waals surface area contributed by atoms with Crippen LogP contribution in [-0.4, -0.2) is 98.9 Å². The molecule has 0 aromatic carbocycles. The van der Waals surface area contributed by atoms with Crippen LogP contribution in [0.25, 0.3) is 0 Å². The molecule has 43 heavy (non-hydrogen) atoms. The van der Waals surface area contributed by atoms with Crippen molar-refractivity contribution < 1.29 is 19.2 Å². The lowest BCUT2D eigenvalue weighted by Crippen LogP contribution is -2.60. The summed E-state index contributed by atoms with van der Waals surface area (Å²) in [5.74, 6) is -0.810. The third-order valence-corrected chi connectivity index (χ3v) is 9.16. The Morgan fingerprint density at radius 2 is 1.70 bits per heavy atom. The maximum Gasteiger partial charge on any atom is 0.249 e. The van der Waals surface area contributed by atoms with Crippen molar-refractivity contribution in [3.63, 3.8) is 0 Å². The van der Waals surface area contributed by atoms with E-state index < -0.39 is 23.5 Å². The van der Waals surface area contributed by atoms with E-state index in [9.17, 15) is 19.2 Å². The van der Waals surface area contributed by atoms with Gasteiger partial charge in [0.25, 0.3) is 0 Å². The summed E-state index contributed by atoms with van der Waals surface area (Å²) in [6, 6.07) is -1.74. The predicted octanol–water partition coefficient (Wildman–Crippen LogP) is 3.69. The maximum atomic E-state index is 14.1. The molecule has 240 valence electrons. The van der Waals surface area contributed by atoms with Gasteiger partial charge in [0, 0.05) is 25.2 Å². The molecule has 2 aliphatic heterocycles. The van der Waals surface area contributed by atoms with Gasteiger partial charge >= 0.3 is 0 Å². The van der Waals surface area contributed by atoms with Crippen molar-refractivity contribution in [3.8, 4) is 0 Å². The highest BCUT2D eigenvalue weighted by atomic mass is 32.1. The van der Waals surface area contributed by atoms with Gasteiger partial charge in [0.15, 0.2) is 0 Å². The fourth-order valence-electron chi connectivity index (χ4n) is 6.10. The SMILES string of the molecule is C/C(=C\[C@H](C(C)C)N(C)C(=O)[C@@H](NC(=O)C1CCCCN1C(C)C)C(C)(C)C)C(=O)N1CCC[C@H]1C(=O)Nc1nncs1. The first-order valence-electron chi connectivity index (χ1n) is 15.5. The molecule has 0 aliphatic carbocycles. The van der Waals surface area contributed by atoms with Crippen molar-refractivity contribution in [3.05, 3.63) is 17.2 Å². The fraction of sp³-hybridized carbons (Fsp3) is 0.742. The quantitative estimate of drug-likeness (QED) is 0.384. The number of likely N-dealkylation sites (tertiary alicyclic amines) is 2. The highest BCUT2D eigenvalue weighted by Gasteiger charge is 2.40. The van der Waals surface area contributed by atoms with Crippen molar-refractivity contribution in [2.24, 2.45) is 11.3 Å². The number of nitrogens with one attached hydrogen (secondary N) is 2. The van der Waals surface area contributed by atoms with Gasteiger partial charge in [0.1, 0.15) is 17.6 Å². The molecule has 2 N–H and O–H groups in total. The second-order valence-electron chi connectivity index (χ2n) is 13.6. The van der Waals surface area contributed by atoms with Gasteiger partial charge in [-0.15, -0.1) is 10.2 Å². The first kappa shape index (κ1) is 34.6. The molecule has 0 radical (unpaired) electrons. The molecule has 1 aromatic heterocycles. The average molecular weight is 618 g/mol. The summed E-state index contributed by atoms with van der Waals surface area (Å²) < 4.78 is 0. The van der Waals surface area contributed by atoms with Crippen LogP contribution in [0.2, 0.25) is 0 Å². The summed E-state index contributed by atoms with van der Waals surface area (Å²) in [5.41, 5.74) is 1.48. The molecule has 4 amide bonds. The molecule has 0 bridgehead atoms. The number of amides is 4. The Balaban J connectivity index is 1.77. The summed E-state index contributed by atoms with van der Waals surface area (Å²) in [6.45, 7) is 17.2. The van der Waals surface area contributed by atoms with Crippen LogP contribution < -0.4 is 10.6 Å². The third kappa shape index (κ3) is 8.62. The number of aromatic nitrogens is 2. The Kier molecular flexibility index (Phi) is 11.9. The fourth-order valence-corrected chi connectivity index (χ4v) is 6.54. The van der Waals surface area contributed by atoms with Crippen molar-refractivity contribution >= 4 is 40.1 Å². The minimum Gasteiger partial charge on any atom is -0.342 e. The summed E-state index contributed by atoms with van der Waals surface area (Å²) in [7, 11) is 1.74. The van der Waals surface area contributed by atoms with Crippen LogP contribution in [0, 0.1) is 11.3 Å². The Labute approximate surface area is 260 Å². The molecule has 2 fully saturated rings. The Hall–Kier alpha value is -2.86. The second kappa shape index (κ2) is 14.7. The minimum absolute atomic E-state index is 0.00197. The number of piperidine rings is 1. The normalized spacial score (nSPS) is 21.6. The van der Waals surface area contributed by atoms with E-state index in [2.05, 4.69) is 39.6 Å². The van der Waals surface area contributed by atoms with Gasteiger partial charge in [-0.25, -0.2) is 0 Å². The number of anilines is 1. The molecule has 11 nitrogen and oxygen atoms in total. The van der Waals surface area contributed by atoms with E-state index in [1.807, 2.05) is 40.7 Å². The maximum absolute atomic E-state index is 14.1. The largest absolute Gasteiger partial charge is 0.342 e. The highest BCUT2D eigenvalue weighted by molar-refractivity contribution is 7.13. The Morgan fingerprint density at radius 1 is 1.02 bits per heavy atom. The first-order chi connectivity index (χ1) is 20.1. The third-order valence-electron chi connectivity index (χ3n) is 8.55. The van der Waals surface area contributed by atoms with Gasteiger partial charge in [-0.05, 0) is 64.3 Å². The van der Waals surface area contributed by atoms with E-state index in [0.717, 1.165) is 32.2 Å². The number of nitrogens with zero attached hydrogens (tertiary/aromatic N) is 5. The number of rotatable bonds is 10. The van der Waals surface area contributed by atoms with Gasteiger partial charge < -0.3 is 15.1 Å². The molecule has 0 saturated carbocycles. The number of carbonyl (C=O) groups excluding carboxylic acids is 4. The lowest BCUT2D eigenvalue weighted by molar-refractivity contribution is -0.142. The van der Waals surface area contributed by atoms with Crippen LogP contribution in [0.3, 0.4) is 0 Å². The van der Waals surface area contributed by atoms with Crippen LogP contribution >= 0.6 is 11.3 Å². The van der Waals surface area contributed by atoms with Gasteiger partial charge in [0.05, 0.1) is 12.1 Å². The van der Waals surface area contributed by atoms with Crippen LogP contribution in [-0.2, 0) is 19.2 Å². The molecule has 1 aromatic rings. The van der Waals surface area contributed by atoms with Crippen molar-refractivity contribution in [2.75, 3.05) is 25.5 Å². The van der Waals surface area contributed by atoms with Crippen LogP contribution in [0.5, 0.6) is 0 Å². The number of carbonyl (C=O) groups is 4. The average Bonchev–Trinajstić information content (AvgIpc) is 3.65. The Morgan fingerprint density at radius 3 is 2.28 bits per heavy atom. The van der Waals surface area contributed by atoms with E-state index >= 15 is 0 Å². The summed E-state index contributed by atoms with van der Waals surface area (Å²) in [4.78, 5) is 59.7. The van der Waals surface area contributed by atoms with Crippen molar-refractivity contribution in [1.29, 1.82) is 0 Å². The zero-order chi connectivity index (χ0) is 32.1. The summed E-state index contributed by atoms with van der Waals surface area (Å²) in [5, 5.41) is 13.9. The smallest absolute Gasteiger partial charge is 0.249 e. The van der Waals surface area contributed by atoms with Gasteiger partial charge in [-0.1, -0.05) is 58.5 Å². The highest BCUT2D eigenvalue weighted by Crippen LogP contribution is 2.27. The summed E-state index contributed by atoms with van der Waals surface area (Å²) >= 11 is 1.23. The molecule has 0 spiro atoms. The number of hydrogen-bond donors (Lipinski definition) is 2. The standard InChI is InChI=1S/C31H51N7O4S/c1-19(2)24(17-21(5)28(41)38-16-12-14-23(38)27(40)34-30-35-32-18-43-30)36(9)29(42)25(31(6,7)8)33-26(39)22-13-10-11-15-37(22)20(3)4/h17-20,22-25H,10-16H2,1-9H3,(H,33,39)(H,34,35,40)/b21-17+/t22?,23-,24+,25+/m0/s1. The van der Waals surface area contributed by atoms with E-state index in [4.69, 9.17) is 0 Å². The van der Waals surface area contributed by atoms with Crippen molar-refractivity contribution in [1.82, 2.24) is 30.2 Å². The first-order valence-corrected chi connectivity index (χ1v) is 16.4. The molecule has 4 atom stereocenters. The molecule has 2 saturated heterocycles. The monoisotopic (exact) mass is 617 g/mol. The molecular weight excluding hydrogens is 566 g/mol. The lowest BCUT2D eigenvalue weighted by atomic mass is 9.84. The van der Waals surface area contributed by atoms with E-state index in [1.165, 1.54) is 16.8 Å². The van der Waals surface area contributed by atoms with Crippen LogP contribution in [0.1, 0.15) is 87.5 Å². The van der Waals surface area contributed by atoms with Crippen LogP contribution in [0.4, 0.5) is 5.13 Å². The summed E-state index contributed by atoms with van der Waals surface area (Å²) in [6.07, 6.45) is 5.95. The number of hydrogen-bond acceptors (Lipinski definition) is 8. The van der Waals surface area contributed by atoms with E-state index in [0.29, 0.717) is 23.7 Å². The molecule has 12 heteroatoms. The van der Waals surface area contributed by atoms with E-state index in [-0.39, 0.29) is 41.6 Å². The van der Waals surface area contributed by atoms with Crippen LogP contribution in [0.15, 0.2) is 17.2 Å². The zero-order valence-electron chi connectivity index (χ0n) is 27.3.